The number of benzene rings is 1. The van der Waals surface area contributed by atoms with Gasteiger partial charge in [-0.15, -0.1) is 0 Å². The summed E-state index contributed by atoms with van der Waals surface area (Å²) in [5.74, 6) is 0.853. The third-order valence-electron chi connectivity index (χ3n) is 2.64. The fraction of sp³-hybridized carbons (Fsp3) is 0.500. The molecule has 1 rings (SSSR count). The normalized spacial score (nSPS) is 10.2. The van der Waals surface area contributed by atoms with Gasteiger partial charge in [0.05, 0.1) is 6.61 Å². The van der Waals surface area contributed by atoms with Crippen LogP contribution in [0, 0.1) is 0 Å². The Hall–Kier alpha value is -1.09. The summed E-state index contributed by atoms with van der Waals surface area (Å²) in [5.41, 5.74) is 6.43. The first-order chi connectivity index (χ1) is 8.24. The lowest BCUT2D eigenvalue weighted by Gasteiger charge is -2.07. The highest BCUT2D eigenvalue weighted by molar-refractivity contribution is 7.80. The van der Waals surface area contributed by atoms with E-state index in [2.05, 4.69) is 6.92 Å². The van der Waals surface area contributed by atoms with Crippen LogP contribution in [0.15, 0.2) is 24.3 Å². The Morgan fingerprint density at radius 3 is 2.71 bits per heavy atom. The van der Waals surface area contributed by atoms with E-state index >= 15 is 0 Å². The van der Waals surface area contributed by atoms with Crippen molar-refractivity contribution in [3.8, 4) is 5.75 Å². The van der Waals surface area contributed by atoms with Crippen molar-refractivity contribution in [1.29, 1.82) is 0 Å². The van der Waals surface area contributed by atoms with Gasteiger partial charge in [-0.25, -0.2) is 0 Å². The summed E-state index contributed by atoms with van der Waals surface area (Å²) < 4.78 is 5.66. The SMILES string of the molecule is CCCCCCCOc1cccc(C(N)=S)c1. The van der Waals surface area contributed by atoms with Gasteiger partial charge in [-0.05, 0) is 18.6 Å². The number of ether oxygens (including phenoxy) is 1. The van der Waals surface area contributed by atoms with Gasteiger partial charge in [0.1, 0.15) is 10.7 Å². The second-order valence-corrected chi connectivity index (χ2v) is 4.59. The van der Waals surface area contributed by atoms with Crippen molar-refractivity contribution < 1.29 is 4.74 Å². The van der Waals surface area contributed by atoms with E-state index in [9.17, 15) is 0 Å². The minimum atomic E-state index is 0.415. The third-order valence-corrected chi connectivity index (χ3v) is 2.87. The number of hydrogen-bond acceptors (Lipinski definition) is 2. The molecule has 1 aromatic rings. The van der Waals surface area contributed by atoms with E-state index in [0.717, 1.165) is 24.3 Å². The minimum absolute atomic E-state index is 0.415. The average Bonchev–Trinajstić information content (AvgIpc) is 2.34. The van der Waals surface area contributed by atoms with Gasteiger partial charge in [-0.1, -0.05) is 57.0 Å². The fourth-order valence-electron chi connectivity index (χ4n) is 1.63. The second kappa shape index (κ2) is 8.07. The maximum absolute atomic E-state index is 5.66. The first kappa shape index (κ1) is 14.0. The third kappa shape index (κ3) is 5.68. The molecule has 0 aliphatic rings. The highest BCUT2D eigenvalue weighted by atomic mass is 32.1. The van der Waals surface area contributed by atoms with Crippen LogP contribution in [-0.4, -0.2) is 11.6 Å². The van der Waals surface area contributed by atoms with Gasteiger partial charge in [-0.2, -0.15) is 0 Å². The van der Waals surface area contributed by atoms with Crippen molar-refractivity contribution >= 4 is 17.2 Å². The van der Waals surface area contributed by atoms with Gasteiger partial charge in [0.25, 0.3) is 0 Å². The van der Waals surface area contributed by atoms with Crippen molar-refractivity contribution in [3.05, 3.63) is 29.8 Å². The maximum Gasteiger partial charge on any atom is 0.119 e. The quantitative estimate of drug-likeness (QED) is 0.565. The predicted molar refractivity (Wildman–Crippen MR) is 76.6 cm³/mol. The first-order valence-electron chi connectivity index (χ1n) is 6.26. The smallest absolute Gasteiger partial charge is 0.119 e. The monoisotopic (exact) mass is 251 g/mol. The molecule has 2 nitrogen and oxygen atoms in total. The summed E-state index contributed by atoms with van der Waals surface area (Å²) in [6.45, 7) is 2.99. The lowest BCUT2D eigenvalue weighted by Crippen LogP contribution is -2.09. The van der Waals surface area contributed by atoms with Crippen LogP contribution in [0.3, 0.4) is 0 Å². The topological polar surface area (TPSA) is 35.2 Å². The lowest BCUT2D eigenvalue weighted by molar-refractivity contribution is 0.304. The molecule has 0 unspecified atom stereocenters. The van der Waals surface area contributed by atoms with Crippen molar-refractivity contribution in [3.63, 3.8) is 0 Å². The van der Waals surface area contributed by atoms with Crippen LogP contribution < -0.4 is 10.5 Å². The van der Waals surface area contributed by atoms with E-state index in [4.69, 9.17) is 22.7 Å². The predicted octanol–water partition coefficient (Wildman–Crippen LogP) is 3.67. The van der Waals surface area contributed by atoms with E-state index in [1.807, 2.05) is 24.3 Å². The second-order valence-electron chi connectivity index (χ2n) is 4.15. The first-order valence-corrected chi connectivity index (χ1v) is 6.67. The molecule has 0 aromatic heterocycles. The molecule has 3 heteroatoms. The molecule has 0 aliphatic carbocycles. The van der Waals surface area contributed by atoms with Gasteiger partial charge in [0.2, 0.25) is 0 Å². The number of rotatable bonds is 8. The molecule has 0 heterocycles. The molecule has 0 radical (unpaired) electrons. The molecule has 0 spiro atoms. The molecule has 0 saturated heterocycles. The van der Waals surface area contributed by atoms with Crippen LogP contribution >= 0.6 is 12.2 Å². The van der Waals surface area contributed by atoms with Gasteiger partial charge in [0, 0.05) is 5.56 Å². The highest BCUT2D eigenvalue weighted by Gasteiger charge is 1.99. The Morgan fingerprint density at radius 2 is 2.00 bits per heavy atom. The molecular weight excluding hydrogens is 230 g/mol. The fourth-order valence-corrected chi connectivity index (χ4v) is 1.76. The minimum Gasteiger partial charge on any atom is -0.494 e. The molecule has 17 heavy (non-hydrogen) atoms. The molecule has 2 N–H and O–H groups in total. The number of thiocarbonyl (C=S) groups is 1. The Morgan fingerprint density at radius 1 is 1.24 bits per heavy atom. The van der Waals surface area contributed by atoms with E-state index in [1.165, 1.54) is 25.7 Å². The highest BCUT2D eigenvalue weighted by Crippen LogP contribution is 2.14. The van der Waals surface area contributed by atoms with Crippen molar-refractivity contribution in [2.45, 2.75) is 39.0 Å². The zero-order valence-electron chi connectivity index (χ0n) is 10.4. The molecule has 1 aromatic carbocycles. The zero-order chi connectivity index (χ0) is 12.5. The zero-order valence-corrected chi connectivity index (χ0v) is 11.3. The van der Waals surface area contributed by atoms with Crippen molar-refractivity contribution in [1.82, 2.24) is 0 Å². The summed E-state index contributed by atoms with van der Waals surface area (Å²) in [5, 5.41) is 0. The van der Waals surface area contributed by atoms with E-state index < -0.39 is 0 Å². The Labute approximate surface area is 109 Å². The van der Waals surface area contributed by atoms with Gasteiger partial charge in [0.15, 0.2) is 0 Å². The van der Waals surface area contributed by atoms with Gasteiger partial charge in [-0.3, -0.25) is 0 Å². The van der Waals surface area contributed by atoms with Gasteiger partial charge < -0.3 is 10.5 Å². The summed E-state index contributed by atoms with van der Waals surface area (Å²) in [7, 11) is 0. The molecular formula is C14H21NOS. The Bertz CT molecular complexity index is 352. The number of unbranched alkanes of at least 4 members (excludes halogenated alkanes) is 4. The van der Waals surface area contributed by atoms with Crippen molar-refractivity contribution in [2.24, 2.45) is 5.73 Å². The van der Waals surface area contributed by atoms with Crippen LogP contribution in [0.25, 0.3) is 0 Å². The van der Waals surface area contributed by atoms with Crippen LogP contribution in [-0.2, 0) is 0 Å². The molecule has 0 saturated carbocycles. The number of hydrogen-bond donors (Lipinski definition) is 1. The molecule has 0 amide bonds. The van der Waals surface area contributed by atoms with Crippen LogP contribution in [0.2, 0.25) is 0 Å². The number of nitrogens with two attached hydrogens (primary N) is 1. The summed E-state index contributed by atoms with van der Waals surface area (Å²) >= 11 is 4.93. The van der Waals surface area contributed by atoms with Crippen LogP contribution in [0.4, 0.5) is 0 Å². The molecule has 0 bridgehead atoms. The van der Waals surface area contributed by atoms with Crippen LogP contribution in [0.1, 0.15) is 44.6 Å². The Kier molecular flexibility index (Phi) is 6.63. The largest absolute Gasteiger partial charge is 0.494 e. The summed E-state index contributed by atoms with van der Waals surface area (Å²) in [6, 6.07) is 7.65. The van der Waals surface area contributed by atoms with Crippen molar-refractivity contribution in [2.75, 3.05) is 6.61 Å². The summed E-state index contributed by atoms with van der Waals surface area (Å²) in [4.78, 5) is 0.415. The summed E-state index contributed by atoms with van der Waals surface area (Å²) in [6.07, 6.45) is 6.24. The standard InChI is InChI=1S/C14H21NOS/c1-2-3-4-5-6-10-16-13-9-7-8-12(11-13)14(15)17/h7-9,11H,2-6,10H2,1H3,(H2,15,17). The Balaban J connectivity index is 2.27. The van der Waals surface area contributed by atoms with Crippen LogP contribution in [0.5, 0.6) is 5.75 Å². The molecule has 0 atom stereocenters. The van der Waals surface area contributed by atoms with E-state index in [0.29, 0.717) is 4.99 Å². The van der Waals surface area contributed by atoms with Gasteiger partial charge >= 0.3 is 0 Å². The van der Waals surface area contributed by atoms with E-state index in [1.54, 1.807) is 0 Å². The van der Waals surface area contributed by atoms with E-state index in [-0.39, 0.29) is 0 Å². The molecule has 94 valence electrons. The lowest BCUT2D eigenvalue weighted by atomic mass is 10.2. The molecule has 0 aliphatic heterocycles. The average molecular weight is 251 g/mol. The maximum atomic E-state index is 5.66. The molecule has 0 fully saturated rings.